The Kier molecular flexibility index (Phi) is 3.53. The molecule has 3 heterocycles. The van der Waals surface area contributed by atoms with Crippen molar-refractivity contribution in [3.63, 3.8) is 0 Å². The summed E-state index contributed by atoms with van der Waals surface area (Å²) >= 11 is 0. The first-order chi connectivity index (χ1) is 10.1. The quantitative estimate of drug-likeness (QED) is 0.869. The van der Waals surface area contributed by atoms with Crippen LogP contribution < -0.4 is 0 Å². The molecule has 3 rings (SSSR count). The minimum absolute atomic E-state index is 0.0146. The van der Waals surface area contributed by atoms with E-state index in [2.05, 4.69) is 24.0 Å². The van der Waals surface area contributed by atoms with E-state index < -0.39 is 0 Å². The van der Waals surface area contributed by atoms with Gasteiger partial charge >= 0.3 is 0 Å². The van der Waals surface area contributed by atoms with E-state index in [4.69, 9.17) is 0 Å². The number of amides is 1. The fourth-order valence-electron chi connectivity index (χ4n) is 2.86. The summed E-state index contributed by atoms with van der Waals surface area (Å²) in [5, 5.41) is 8.61. The highest BCUT2D eigenvalue weighted by atomic mass is 16.2. The van der Waals surface area contributed by atoms with Crippen LogP contribution in [0.1, 0.15) is 54.8 Å². The van der Waals surface area contributed by atoms with Gasteiger partial charge in [-0.1, -0.05) is 0 Å². The van der Waals surface area contributed by atoms with Gasteiger partial charge in [0.2, 0.25) is 0 Å². The van der Waals surface area contributed by atoms with Crippen molar-refractivity contribution in [1.29, 1.82) is 0 Å². The maximum atomic E-state index is 12.7. The third-order valence-electron chi connectivity index (χ3n) is 3.98. The number of carbonyl (C=O) groups is 1. The molecule has 0 N–H and O–H groups in total. The van der Waals surface area contributed by atoms with Crippen molar-refractivity contribution < 1.29 is 4.79 Å². The molecule has 112 valence electrons. The van der Waals surface area contributed by atoms with Gasteiger partial charge in [-0.3, -0.25) is 14.2 Å². The zero-order valence-electron chi connectivity index (χ0n) is 12.7. The first kappa shape index (κ1) is 13.9. The third-order valence-corrected chi connectivity index (χ3v) is 3.98. The Bertz CT molecular complexity index is 642. The van der Waals surface area contributed by atoms with Crippen LogP contribution in [0.4, 0.5) is 0 Å². The van der Waals surface area contributed by atoms with Gasteiger partial charge in [-0.05, 0) is 32.8 Å². The fourth-order valence-corrected chi connectivity index (χ4v) is 2.86. The highest BCUT2D eigenvalue weighted by molar-refractivity contribution is 5.92. The lowest BCUT2D eigenvalue weighted by Crippen LogP contribution is -2.30. The minimum Gasteiger partial charge on any atom is -0.330 e. The predicted octanol–water partition coefficient (Wildman–Crippen LogP) is 2.17. The van der Waals surface area contributed by atoms with Crippen molar-refractivity contribution in [2.75, 3.05) is 6.54 Å². The van der Waals surface area contributed by atoms with Crippen LogP contribution in [0.25, 0.3) is 0 Å². The van der Waals surface area contributed by atoms with E-state index in [0.29, 0.717) is 5.69 Å². The van der Waals surface area contributed by atoms with Crippen LogP contribution in [-0.2, 0) is 7.05 Å². The van der Waals surface area contributed by atoms with Gasteiger partial charge in [0.15, 0.2) is 0 Å². The molecular formula is C15H21N5O. The van der Waals surface area contributed by atoms with E-state index in [0.717, 1.165) is 24.9 Å². The summed E-state index contributed by atoms with van der Waals surface area (Å²) in [6.45, 7) is 4.89. The molecule has 21 heavy (non-hydrogen) atoms. The Morgan fingerprint density at radius 1 is 1.43 bits per heavy atom. The molecule has 0 saturated carbocycles. The molecule has 6 nitrogen and oxygen atoms in total. The van der Waals surface area contributed by atoms with Gasteiger partial charge in [-0.15, -0.1) is 0 Å². The number of hydrogen-bond donors (Lipinski definition) is 0. The van der Waals surface area contributed by atoms with Crippen LogP contribution in [0.5, 0.6) is 0 Å². The van der Waals surface area contributed by atoms with E-state index in [-0.39, 0.29) is 18.0 Å². The van der Waals surface area contributed by atoms with Crippen LogP contribution in [0.3, 0.4) is 0 Å². The molecule has 6 heteroatoms. The monoisotopic (exact) mass is 287 g/mol. The molecule has 1 aliphatic rings. The van der Waals surface area contributed by atoms with Crippen molar-refractivity contribution in [3.05, 3.63) is 35.9 Å². The maximum Gasteiger partial charge on any atom is 0.274 e. The lowest BCUT2D eigenvalue weighted by atomic mass is 10.1. The molecule has 0 bridgehead atoms. The Balaban J connectivity index is 1.82. The zero-order chi connectivity index (χ0) is 15.0. The van der Waals surface area contributed by atoms with Crippen LogP contribution >= 0.6 is 0 Å². The normalized spacial score (nSPS) is 18.7. The van der Waals surface area contributed by atoms with Crippen molar-refractivity contribution in [1.82, 2.24) is 24.5 Å². The maximum absolute atomic E-state index is 12.7. The van der Waals surface area contributed by atoms with E-state index in [9.17, 15) is 4.79 Å². The fraction of sp³-hybridized carbons (Fsp3) is 0.533. The van der Waals surface area contributed by atoms with Crippen molar-refractivity contribution in [3.8, 4) is 0 Å². The number of hydrogen-bond acceptors (Lipinski definition) is 3. The Hall–Kier alpha value is -2.11. The summed E-state index contributed by atoms with van der Waals surface area (Å²) in [4.78, 5) is 14.6. The van der Waals surface area contributed by atoms with E-state index in [1.54, 1.807) is 10.7 Å². The summed E-state index contributed by atoms with van der Waals surface area (Å²) < 4.78 is 3.60. The number of aryl methyl sites for hydroxylation is 1. The first-order valence-corrected chi connectivity index (χ1v) is 7.41. The molecule has 0 spiro atoms. The molecular weight excluding hydrogens is 266 g/mol. The Morgan fingerprint density at radius 3 is 2.86 bits per heavy atom. The molecule has 1 saturated heterocycles. The van der Waals surface area contributed by atoms with Crippen LogP contribution in [0, 0.1) is 0 Å². The summed E-state index contributed by atoms with van der Waals surface area (Å²) in [5.41, 5.74) is 1.63. The Morgan fingerprint density at radius 2 is 2.24 bits per heavy atom. The largest absolute Gasteiger partial charge is 0.330 e. The molecule has 1 aliphatic heterocycles. The molecule has 1 atom stereocenters. The van der Waals surface area contributed by atoms with E-state index in [1.807, 2.05) is 35.2 Å². The lowest BCUT2D eigenvalue weighted by Gasteiger charge is -2.23. The second kappa shape index (κ2) is 5.35. The average Bonchev–Trinajstić information content (AvgIpc) is 3.17. The highest BCUT2D eigenvalue weighted by Crippen LogP contribution is 2.32. The smallest absolute Gasteiger partial charge is 0.274 e. The summed E-state index contributed by atoms with van der Waals surface area (Å²) in [6.07, 6.45) is 7.72. The second-order valence-electron chi connectivity index (χ2n) is 5.88. The van der Waals surface area contributed by atoms with Crippen molar-refractivity contribution >= 4 is 5.91 Å². The minimum atomic E-state index is 0.0146. The molecule has 0 aliphatic carbocycles. The number of likely N-dealkylation sites (tertiary alicyclic amines) is 1. The second-order valence-corrected chi connectivity index (χ2v) is 5.88. The van der Waals surface area contributed by atoms with Crippen LogP contribution in [0.2, 0.25) is 0 Å². The van der Waals surface area contributed by atoms with Gasteiger partial charge in [0.25, 0.3) is 5.91 Å². The highest BCUT2D eigenvalue weighted by Gasteiger charge is 2.32. The van der Waals surface area contributed by atoms with Gasteiger partial charge in [0.05, 0.1) is 12.2 Å². The summed E-state index contributed by atoms with van der Waals surface area (Å²) in [5.74, 6) is 0.0146. The number of nitrogens with zero attached hydrogens (tertiary/aromatic N) is 5. The number of aromatic nitrogens is 4. The van der Waals surface area contributed by atoms with Crippen LogP contribution in [-0.4, -0.2) is 36.9 Å². The van der Waals surface area contributed by atoms with Crippen molar-refractivity contribution in [2.45, 2.75) is 38.8 Å². The molecule has 1 amide bonds. The van der Waals surface area contributed by atoms with Gasteiger partial charge in [-0.2, -0.15) is 10.2 Å². The van der Waals surface area contributed by atoms with Gasteiger partial charge < -0.3 is 4.90 Å². The lowest BCUT2D eigenvalue weighted by molar-refractivity contribution is 0.0728. The van der Waals surface area contributed by atoms with Crippen LogP contribution in [0.15, 0.2) is 24.7 Å². The molecule has 0 radical (unpaired) electrons. The number of carbonyl (C=O) groups excluding carboxylic acids is 1. The molecule has 2 aromatic heterocycles. The summed E-state index contributed by atoms with van der Waals surface area (Å²) in [6, 6.07) is 2.19. The van der Waals surface area contributed by atoms with Gasteiger partial charge in [-0.25, -0.2) is 0 Å². The molecule has 0 aromatic carbocycles. The topological polar surface area (TPSA) is 56.0 Å². The SMILES string of the molecule is CC(C)n1ccc(C(=O)N2CCCC2c2cnn(C)c2)n1. The van der Waals surface area contributed by atoms with Gasteiger partial charge in [0, 0.05) is 37.6 Å². The van der Waals surface area contributed by atoms with E-state index >= 15 is 0 Å². The average molecular weight is 287 g/mol. The first-order valence-electron chi connectivity index (χ1n) is 7.41. The third kappa shape index (κ3) is 2.57. The number of rotatable bonds is 3. The molecule has 1 unspecified atom stereocenters. The molecule has 1 fully saturated rings. The van der Waals surface area contributed by atoms with Crippen molar-refractivity contribution in [2.24, 2.45) is 7.05 Å². The van der Waals surface area contributed by atoms with E-state index in [1.165, 1.54) is 0 Å². The molecule has 2 aromatic rings. The predicted molar refractivity (Wildman–Crippen MR) is 78.8 cm³/mol. The summed E-state index contributed by atoms with van der Waals surface area (Å²) in [7, 11) is 1.90. The zero-order valence-corrected chi connectivity index (χ0v) is 12.7. The Labute approximate surface area is 124 Å². The van der Waals surface area contributed by atoms with Gasteiger partial charge in [0.1, 0.15) is 5.69 Å². The standard InChI is InChI=1S/C15H21N5O/c1-11(2)20-8-6-13(17-20)15(21)19-7-4-5-14(19)12-9-16-18(3)10-12/h6,8-11,14H,4-5,7H2,1-3H3.